The van der Waals surface area contributed by atoms with Crippen molar-refractivity contribution < 1.29 is 23.9 Å². The maximum absolute atomic E-state index is 13.1. The number of aryl methyl sites for hydroxylation is 1. The van der Waals surface area contributed by atoms with Crippen LogP contribution in [0.3, 0.4) is 0 Å². The van der Waals surface area contributed by atoms with Crippen molar-refractivity contribution in [2.75, 3.05) is 18.5 Å². The zero-order valence-electron chi connectivity index (χ0n) is 18.3. The molecule has 5 rings (SSSR count). The average molecular weight is 468 g/mol. The Morgan fingerprint density at radius 2 is 1.88 bits per heavy atom. The minimum Gasteiger partial charge on any atom is -0.376 e. The molecule has 0 unspecified atom stereocenters. The second-order valence-corrected chi connectivity index (χ2v) is 9.70. The highest BCUT2D eigenvalue weighted by molar-refractivity contribution is 7.17. The van der Waals surface area contributed by atoms with E-state index in [1.54, 1.807) is 24.3 Å². The first-order valence-corrected chi connectivity index (χ1v) is 12.1. The van der Waals surface area contributed by atoms with Crippen LogP contribution in [0.2, 0.25) is 0 Å². The van der Waals surface area contributed by atoms with Crippen molar-refractivity contribution in [1.82, 2.24) is 10.2 Å². The molecule has 0 bridgehead atoms. The molecule has 0 radical (unpaired) electrons. The molecule has 1 aromatic heterocycles. The Labute approximate surface area is 195 Å². The van der Waals surface area contributed by atoms with Gasteiger partial charge >= 0.3 is 0 Å². The average Bonchev–Trinajstić information content (AvgIpc) is 3.58. The van der Waals surface area contributed by atoms with Crippen molar-refractivity contribution in [2.45, 2.75) is 51.2 Å². The highest BCUT2D eigenvalue weighted by Gasteiger charge is 2.41. The van der Waals surface area contributed by atoms with Gasteiger partial charge in [0.05, 0.1) is 22.8 Å². The van der Waals surface area contributed by atoms with Gasteiger partial charge in [-0.25, -0.2) is 0 Å². The van der Waals surface area contributed by atoms with Crippen LogP contribution in [0.4, 0.5) is 5.00 Å². The zero-order chi connectivity index (χ0) is 23.1. The summed E-state index contributed by atoms with van der Waals surface area (Å²) >= 11 is 1.40. The van der Waals surface area contributed by atoms with Crippen LogP contribution in [0.25, 0.3) is 0 Å². The van der Waals surface area contributed by atoms with Crippen LogP contribution in [0.15, 0.2) is 24.3 Å². The third kappa shape index (κ3) is 3.85. The number of benzene rings is 1. The number of nitrogens with one attached hydrogen (secondary N) is 2. The van der Waals surface area contributed by atoms with E-state index in [1.165, 1.54) is 18.3 Å². The Balaban J connectivity index is 1.34. The van der Waals surface area contributed by atoms with E-state index in [0.717, 1.165) is 47.4 Å². The molecule has 0 saturated carbocycles. The van der Waals surface area contributed by atoms with Gasteiger partial charge in [-0.2, -0.15) is 0 Å². The lowest BCUT2D eigenvalue weighted by atomic mass is 10.1. The number of hydrogen-bond acceptors (Lipinski definition) is 6. The van der Waals surface area contributed by atoms with Crippen molar-refractivity contribution in [3.63, 3.8) is 0 Å². The minimum absolute atomic E-state index is 0.0209. The molecule has 1 saturated heterocycles. The van der Waals surface area contributed by atoms with E-state index < -0.39 is 23.8 Å². The standard InChI is InChI=1S/C24H25N3O5S/c1-13(27-23(30)15-7-2-3-8-16(15)24(27)31)20(28)26-22-19(17-9-4-10-18(17)33-22)21(29)25-12-14-6-5-11-32-14/h2-3,7-8,13-14H,4-6,9-12H2,1H3,(H,25,29)(H,26,28)/t13-,14-/m0/s1. The summed E-state index contributed by atoms with van der Waals surface area (Å²) < 4.78 is 5.59. The number of ether oxygens (including phenoxy) is 1. The number of anilines is 1. The number of carbonyl (C=O) groups is 4. The summed E-state index contributed by atoms with van der Waals surface area (Å²) in [5, 5.41) is 6.26. The fraction of sp³-hybridized carbons (Fsp3) is 0.417. The normalized spacial score (nSPS) is 20.0. The fourth-order valence-electron chi connectivity index (χ4n) is 4.73. The third-order valence-corrected chi connectivity index (χ3v) is 7.70. The van der Waals surface area contributed by atoms with E-state index in [9.17, 15) is 19.2 Å². The molecule has 2 aliphatic heterocycles. The van der Waals surface area contributed by atoms with E-state index in [2.05, 4.69) is 10.6 Å². The van der Waals surface area contributed by atoms with Crippen LogP contribution in [-0.2, 0) is 22.4 Å². The smallest absolute Gasteiger partial charge is 0.262 e. The molecule has 1 aliphatic carbocycles. The van der Waals surface area contributed by atoms with Gasteiger partial charge in [-0.3, -0.25) is 24.1 Å². The number of imide groups is 1. The van der Waals surface area contributed by atoms with Crippen LogP contribution in [0.1, 0.15) is 67.7 Å². The lowest BCUT2D eigenvalue weighted by Gasteiger charge is -2.21. The topological polar surface area (TPSA) is 105 Å². The van der Waals surface area contributed by atoms with Crippen LogP contribution in [0.5, 0.6) is 0 Å². The summed E-state index contributed by atoms with van der Waals surface area (Å²) in [5.41, 5.74) is 2.07. The van der Waals surface area contributed by atoms with E-state index in [4.69, 9.17) is 4.74 Å². The number of carbonyl (C=O) groups excluding carboxylic acids is 4. The van der Waals surface area contributed by atoms with Crippen LogP contribution < -0.4 is 10.6 Å². The summed E-state index contributed by atoms with van der Waals surface area (Å²) in [6.07, 6.45) is 4.57. The van der Waals surface area contributed by atoms with Gasteiger partial charge < -0.3 is 15.4 Å². The third-order valence-electron chi connectivity index (χ3n) is 6.49. The molecule has 2 atom stereocenters. The molecular formula is C24H25N3O5S. The molecule has 33 heavy (non-hydrogen) atoms. The minimum atomic E-state index is -1.02. The Morgan fingerprint density at radius 3 is 2.55 bits per heavy atom. The number of amides is 4. The van der Waals surface area contributed by atoms with E-state index in [0.29, 0.717) is 34.8 Å². The number of hydrogen-bond donors (Lipinski definition) is 2. The van der Waals surface area contributed by atoms with Gasteiger partial charge in [-0.15, -0.1) is 11.3 Å². The lowest BCUT2D eigenvalue weighted by Crippen LogP contribution is -2.45. The molecule has 1 aromatic carbocycles. The van der Waals surface area contributed by atoms with Crippen molar-refractivity contribution in [3.05, 3.63) is 51.4 Å². The molecule has 2 N–H and O–H groups in total. The Hall–Kier alpha value is -3.04. The van der Waals surface area contributed by atoms with Crippen molar-refractivity contribution in [2.24, 2.45) is 0 Å². The monoisotopic (exact) mass is 467 g/mol. The van der Waals surface area contributed by atoms with Gasteiger partial charge in [-0.05, 0) is 56.7 Å². The summed E-state index contributed by atoms with van der Waals surface area (Å²) in [4.78, 5) is 53.8. The van der Waals surface area contributed by atoms with Gasteiger partial charge in [0.25, 0.3) is 17.7 Å². The summed E-state index contributed by atoms with van der Waals surface area (Å²) in [5.74, 6) is -1.70. The first kappa shape index (κ1) is 21.8. The SMILES string of the molecule is C[C@@H](C(=O)Nc1sc2c(c1C(=O)NC[C@@H]1CCCO1)CCC2)N1C(=O)c2ccccc2C1=O. The Kier molecular flexibility index (Phi) is 5.76. The number of fused-ring (bicyclic) bond motifs is 2. The summed E-state index contributed by atoms with van der Waals surface area (Å²) in [7, 11) is 0. The van der Waals surface area contributed by atoms with Gasteiger partial charge in [0.1, 0.15) is 11.0 Å². The van der Waals surface area contributed by atoms with Crippen LogP contribution in [0, 0.1) is 0 Å². The molecule has 3 heterocycles. The van der Waals surface area contributed by atoms with Gasteiger partial charge in [0.15, 0.2) is 0 Å². The molecule has 0 spiro atoms. The number of rotatable bonds is 6. The fourth-order valence-corrected chi connectivity index (χ4v) is 6.02. The summed E-state index contributed by atoms with van der Waals surface area (Å²) in [6.45, 7) is 2.67. The molecule has 2 aromatic rings. The maximum atomic E-state index is 13.1. The number of nitrogens with zero attached hydrogens (tertiary/aromatic N) is 1. The highest BCUT2D eigenvalue weighted by Crippen LogP contribution is 2.39. The number of thiophene rings is 1. The molecule has 4 amide bonds. The highest BCUT2D eigenvalue weighted by atomic mass is 32.1. The predicted octanol–water partition coefficient (Wildman–Crippen LogP) is 2.77. The first-order valence-electron chi connectivity index (χ1n) is 11.3. The second kappa shape index (κ2) is 8.72. The molecule has 8 nitrogen and oxygen atoms in total. The Morgan fingerprint density at radius 1 is 1.15 bits per heavy atom. The first-order chi connectivity index (χ1) is 16.0. The molecule has 172 valence electrons. The second-order valence-electron chi connectivity index (χ2n) is 8.60. The van der Waals surface area contributed by atoms with Crippen molar-refractivity contribution >= 4 is 40.0 Å². The largest absolute Gasteiger partial charge is 0.376 e. The quantitative estimate of drug-likeness (QED) is 0.636. The maximum Gasteiger partial charge on any atom is 0.262 e. The molecule has 1 fully saturated rings. The van der Waals surface area contributed by atoms with E-state index in [-0.39, 0.29) is 12.0 Å². The van der Waals surface area contributed by atoms with Crippen molar-refractivity contribution in [3.8, 4) is 0 Å². The Bertz CT molecular complexity index is 1120. The van der Waals surface area contributed by atoms with Crippen molar-refractivity contribution in [1.29, 1.82) is 0 Å². The predicted molar refractivity (Wildman–Crippen MR) is 123 cm³/mol. The molecule has 9 heteroatoms. The van der Waals surface area contributed by atoms with E-state index >= 15 is 0 Å². The van der Waals surface area contributed by atoms with Crippen LogP contribution >= 0.6 is 11.3 Å². The summed E-state index contributed by atoms with van der Waals surface area (Å²) in [6, 6.07) is 5.53. The molecule has 3 aliphatic rings. The van der Waals surface area contributed by atoms with Crippen LogP contribution in [-0.4, -0.2) is 53.8 Å². The molecular weight excluding hydrogens is 442 g/mol. The van der Waals surface area contributed by atoms with Gasteiger partial charge in [-0.1, -0.05) is 12.1 Å². The van der Waals surface area contributed by atoms with Gasteiger partial charge in [0, 0.05) is 18.0 Å². The van der Waals surface area contributed by atoms with Gasteiger partial charge in [0.2, 0.25) is 5.91 Å². The van der Waals surface area contributed by atoms with E-state index in [1.807, 2.05) is 0 Å². The zero-order valence-corrected chi connectivity index (χ0v) is 19.1. The lowest BCUT2D eigenvalue weighted by molar-refractivity contribution is -0.119.